The molecule has 0 saturated carbocycles. The highest BCUT2D eigenvalue weighted by Gasteiger charge is 2.14. The van der Waals surface area contributed by atoms with Crippen molar-refractivity contribution < 1.29 is 14.6 Å². The van der Waals surface area contributed by atoms with Gasteiger partial charge in [-0.15, -0.1) is 0 Å². The molecule has 7 heteroatoms. The van der Waals surface area contributed by atoms with E-state index in [0.29, 0.717) is 12.2 Å². The number of aliphatic hydroxyl groups is 1. The number of aryl methyl sites for hydroxylation is 1. The summed E-state index contributed by atoms with van der Waals surface area (Å²) in [5.74, 6) is -0.146. The quantitative estimate of drug-likeness (QED) is 0.706. The molecular weight excluding hydrogens is 404 g/mol. The number of ether oxygens (including phenoxy) is 1. The van der Waals surface area contributed by atoms with Gasteiger partial charge in [-0.25, -0.2) is 0 Å². The van der Waals surface area contributed by atoms with Crippen molar-refractivity contribution in [2.45, 2.75) is 13.0 Å². The number of rotatable bonds is 7. The fourth-order valence-corrected chi connectivity index (χ4v) is 3.53. The van der Waals surface area contributed by atoms with Gasteiger partial charge in [-0.05, 0) is 63.5 Å². The van der Waals surface area contributed by atoms with Gasteiger partial charge < -0.3 is 15.2 Å². The summed E-state index contributed by atoms with van der Waals surface area (Å²) in [6, 6.07) is 3.87. The largest absolute Gasteiger partial charge is 0.389 e. The van der Waals surface area contributed by atoms with Crippen molar-refractivity contribution in [3.63, 3.8) is 0 Å². The predicted molar refractivity (Wildman–Crippen MR) is 90.6 cm³/mol. The van der Waals surface area contributed by atoms with Crippen molar-refractivity contribution in [1.82, 2.24) is 4.90 Å². The number of benzene rings is 1. The molecule has 1 rings (SSSR count). The molecular formula is C14H20Br2N2O3. The first-order valence-electron chi connectivity index (χ1n) is 6.44. The Balaban J connectivity index is 2.58. The van der Waals surface area contributed by atoms with Gasteiger partial charge in [0.15, 0.2) is 0 Å². The lowest BCUT2D eigenvalue weighted by Crippen LogP contribution is -2.37. The SMILES string of the molecule is COCC(O)CN(C)CC(=O)Nc1c(Br)cc(C)cc1Br. The summed E-state index contributed by atoms with van der Waals surface area (Å²) in [6.07, 6.45) is -0.606. The number of aliphatic hydroxyl groups excluding tert-OH is 1. The maximum absolute atomic E-state index is 12.0. The van der Waals surface area contributed by atoms with E-state index in [1.807, 2.05) is 19.1 Å². The van der Waals surface area contributed by atoms with Crippen LogP contribution in [-0.2, 0) is 9.53 Å². The van der Waals surface area contributed by atoms with E-state index in [2.05, 4.69) is 37.2 Å². The summed E-state index contributed by atoms with van der Waals surface area (Å²) in [6.45, 7) is 2.79. The highest BCUT2D eigenvalue weighted by atomic mass is 79.9. The average Bonchev–Trinajstić information content (AvgIpc) is 2.33. The molecule has 0 radical (unpaired) electrons. The zero-order chi connectivity index (χ0) is 16.0. The minimum absolute atomic E-state index is 0.146. The van der Waals surface area contributed by atoms with Crippen LogP contribution in [0.1, 0.15) is 5.56 Å². The van der Waals surface area contributed by atoms with E-state index in [9.17, 15) is 9.90 Å². The lowest BCUT2D eigenvalue weighted by atomic mass is 10.2. The van der Waals surface area contributed by atoms with E-state index in [-0.39, 0.29) is 19.1 Å². The Morgan fingerprint density at radius 3 is 2.52 bits per heavy atom. The van der Waals surface area contributed by atoms with E-state index < -0.39 is 6.10 Å². The maximum atomic E-state index is 12.0. The molecule has 1 aromatic carbocycles. The van der Waals surface area contributed by atoms with Gasteiger partial charge in [0.1, 0.15) is 0 Å². The summed E-state index contributed by atoms with van der Waals surface area (Å²) < 4.78 is 6.51. The number of nitrogens with zero attached hydrogens (tertiary/aromatic N) is 1. The van der Waals surface area contributed by atoms with Crippen LogP contribution in [0.25, 0.3) is 0 Å². The Morgan fingerprint density at radius 2 is 2.00 bits per heavy atom. The molecule has 0 aromatic heterocycles. The van der Waals surface area contributed by atoms with Gasteiger partial charge in [0.05, 0.1) is 24.9 Å². The first-order chi connectivity index (χ1) is 9.83. The van der Waals surface area contributed by atoms with Crippen LogP contribution in [-0.4, -0.2) is 55.9 Å². The van der Waals surface area contributed by atoms with E-state index in [0.717, 1.165) is 14.5 Å². The Labute approximate surface area is 141 Å². The van der Waals surface area contributed by atoms with Crippen LogP contribution >= 0.6 is 31.9 Å². The molecule has 0 heterocycles. The second-order valence-electron chi connectivity index (χ2n) is 4.96. The number of carbonyl (C=O) groups is 1. The minimum Gasteiger partial charge on any atom is -0.389 e. The molecule has 1 atom stereocenters. The molecule has 0 aliphatic heterocycles. The average molecular weight is 424 g/mol. The van der Waals surface area contributed by atoms with E-state index >= 15 is 0 Å². The van der Waals surface area contributed by atoms with Gasteiger partial charge in [-0.2, -0.15) is 0 Å². The van der Waals surface area contributed by atoms with Crippen molar-refractivity contribution >= 4 is 43.5 Å². The van der Waals surface area contributed by atoms with E-state index in [1.54, 1.807) is 11.9 Å². The summed E-state index contributed by atoms with van der Waals surface area (Å²) in [5, 5.41) is 12.5. The van der Waals surface area contributed by atoms with Crippen LogP contribution in [0.15, 0.2) is 21.1 Å². The predicted octanol–water partition coefficient (Wildman–Crippen LogP) is 2.40. The first-order valence-corrected chi connectivity index (χ1v) is 8.03. The fourth-order valence-electron chi connectivity index (χ4n) is 1.91. The Hall–Kier alpha value is -0.470. The Bertz CT molecular complexity index is 474. The number of hydrogen-bond donors (Lipinski definition) is 2. The molecule has 1 amide bonds. The van der Waals surface area contributed by atoms with Gasteiger partial charge in [0, 0.05) is 22.6 Å². The highest BCUT2D eigenvalue weighted by molar-refractivity contribution is 9.11. The summed E-state index contributed by atoms with van der Waals surface area (Å²) in [5.41, 5.74) is 1.79. The van der Waals surface area contributed by atoms with Crippen molar-refractivity contribution in [1.29, 1.82) is 0 Å². The van der Waals surface area contributed by atoms with E-state index in [1.165, 1.54) is 7.11 Å². The third kappa shape index (κ3) is 6.44. The Morgan fingerprint density at radius 1 is 1.43 bits per heavy atom. The standard InChI is InChI=1S/C14H20Br2N2O3/c1-9-4-11(15)14(12(16)5-9)17-13(20)7-18(2)6-10(19)8-21-3/h4-5,10,19H,6-8H2,1-3H3,(H,17,20). The number of carbonyl (C=O) groups excluding carboxylic acids is 1. The van der Waals surface area contributed by atoms with Gasteiger partial charge in [-0.1, -0.05) is 0 Å². The summed E-state index contributed by atoms with van der Waals surface area (Å²) in [4.78, 5) is 13.8. The van der Waals surface area contributed by atoms with Gasteiger partial charge >= 0.3 is 0 Å². The third-order valence-corrected chi connectivity index (χ3v) is 4.00. The molecule has 0 aliphatic rings. The number of likely N-dealkylation sites (N-methyl/N-ethyl adjacent to an activating group) is 1. The molecule has 0 saturated heterocycles. The summed E-state index contributed by atoms with van der Waals surface area (Å²) >= 11 is 6.88. The second-order valence-corrected chi connectivity index (χ2v) is 6.67. The zero-order valence-corrected chi connectivity index (χ0v) is 15.5. The van der Waals surface area contributed by atoms with Crippen molar-refractivity contribution in [2.24, 2.45) is 0 Å². The molecule has 2 N–H and O–H groups in total. The lowest BCUT2D eigenvalue weighted by molar-refractivity contribution is -0.117. The van der Waals surface area contributed by atoms with Crippen molar-refractivity contribution in [3.05, 3.63) is 26.6 Å². The number of amides is 1. The molecule has 21 heavy (non-hydrogen) atoms. The lowest BCUT2D eigenvalue weighted by Gasteiger charge is -2.20. The smallest absolute Gasteiger partial charge is 0.238 e. The maximum Gasteiger partial charge on any atom is 0.238 e. The van der Waals surface area contributed by atoms with Crippen LogP contribution in [0.2, 0.25) is 0 Å². The monoisotopic (exact) mass is 422 g/mol. The topological polar surface area (TPSA) is 61.8 Å². The summed E-state index contributed by atoms with van der Waals surface area (Å²) in [7, 11) is 3.31. The molecule has 0 bridgehead atoms. The fraction of sp³-hybridized carbons (Fsp3) is 0.500. The molecule has 1 unspecified atom stereocenters. The minimum atomic E-state index is -0.606. The molecule has 0 aliphatic carbocycles. The molecule has 0 fully saturated rings. The van der Waals surface area contributed by atoms with Gasteiger partial charge in [0.2, 0.25) is 5.91 Å². The van der Waals surface area contributed by atoms with E-state index in [4.69, 9.17) is 4.74 Å². The number of halogens is 2. The molecule has 1 aromatic rings. The highest BCUT2D eigenvalue weighted by Crippen LogP contribution is 2.32. The molecule has 0 spiro atoms. The molecule has 5 nitrogen and oxygen atoms in total. The van der Waals surface area contributed by atoms with Crippen molar-refractivity contribution in [2.75, 3.05) is 39.2 Å². The van der Waals surface area contributed by atoms with Gasteiger partial charge in [-0.3, -0.25) is 9.69 Å². The second kappa shape index (κ2) is 8.85. The number of anilines is 1. The van der Waals surface area contributed by atoms with Crippen LogP contribution in [0.5, 0.6) is 0 Å². The molecule has 118 valence electrons. The van der Waals surface area contributed by atoms with Gasteiger partial charge in [0.25, 0.3) is 0 Å². The number of methoxy groups -OCH3 is 1. The zero-order valence-electron chi connectivity index (χ0n) is 12.3. The number of nitrogens with one attached hydrogen (secondary N) is 1. The van der Waals surface area contributed by atoms with Crippen LogP contribution in [0.4, 0.5) is 5.69 Å². The Kier molecular flexibility index (Phi) is 7.83. The van der Waals surface area contributed by atoms with Crippen LogP contribution < -0.4 is 5.32 Å². The first kappa shape index (κ1) is 18.6. The van der Waals surface area contributed by atoms with Crippen molar-refractivity contribution in [3.8, 4) is 0 Å². The normalized spacial score (nSPS) is 12.5. The van der Waals surface area contributed by atoms with Crippen LogP contribution in [0, 0.1) is 6.92 Å². The van der Waals surface area contributed by atoms with Crippen LogP contribution in [0.3, 0.4) is 0 Å². The number of hydrogen-bond acceptors (Lipinski definition) is 4. The third-order valence-electron chi connectivity index (χ3n) is 2.75.